The van der Waals surface area contributed by atoms with Crippen LogP contribution in [-0.4, -0.2) is 14.9 Å². The molecule has 4 rings (SSSR count). The summed E-state index contributed by atoms with van der Waals surface area (Å²) < 4.78 is 5.62. The van der Waals surface area contributed by atoms with Crippen LogP contribution in [0.4, 0.5) is 5.69 Å². The van der Waals surface area contributed by atoms with E-state index in [1.807, 2.05) is 24.3 Å². The molecule has 1 saturated heterocycles. The molecule has 0 bridgehead atoms. The van der Waals surface area contributed by atoms with Crippen LogP contribution in [0.1, 0.15) is 23.5 Å². The Balaban J connectivity index is 1.67. The number of nitrogens with zero attached hydrogens (tertiary/aromatic N) is 3. The lowest BCUT2D eigenvalue weighted by Gasteiger charge is -2.00. The summed E-state index contributed by atoms with van der Waals surface area (Å²) >= 11 is 0. The number of aromatic nitrogens is 2. The molecular formula is C16H11N3O3. The van der Waals surface area contributed by atoms with E-state index in [4.69, 9.17) is 4.74 Å². The molecule has 0 N–H and O–H groups in total. The summed E-state index contributed by atoms with van der Waals surface area (Å²) in [7, 11) is 0. The number of benzene rings is 2. The normalized spacial score (nSPS) is 20.0. The zero-order valence-corrected chi connectivity index (χ0v) is 11.4. The molecule has 108 valence electrons. The van der Waals surface area contributed by atoms with Crippen LogP contribution in [0.5, 0.6) is 0 Å². The minimum atomic E-state index is -0.389. The second-order valence-corrected chi connectivity index (χ2v) is 5.08. The summed E-state index contributed by atoms with van der Waals surface area (Å²) in [6.45, 7) is 0. The molecular weight excluding hydrogens is 282 g/mol. The van der Waals surface area contributed by atoms with Crippen molar-refractivity contribution in [1.29, 1.82) is 0 Å². The molecule has 1 aromatic heterocycles. The Hall–Kier alpha value is -2.86. The smallest absolute Gasteiger partial charge is 0.275 e. The highest BCUT2D eigenvalue weighted by Crippen LogP contribution is 2.52. The molecule has 0 saturated carbocycles. The summed E-state index contributed by atoms with van der Waals surface area (Å²) in [6.07, 6.45) is 1.05. The first kappa shape index (κ1) is 12.8. The molecule has 0 spiro atoms. The lowest BCUT2D eigenvalue weighted by atomic mass is 10.1. The van der Waals surface area contributed by atoms with Crippen LogP contribution in [0.2, 0.25) is 0 Å². The Bertz CT molecular complexity index is 881. The third-order valence-corrected chi connectivity index (χ3v) is 3.69. The quantitative estimate of drug-likeness (QED) is 0.420. The lowest BCUT2D eigenvalue weighted by molar-refractivity contribution is -0.385. The van der Waals surface area contributed by atoms with Crippen LogP contribution in [0.25, 0.3) is 11.0 Å². The summed E-state index contributed by atoms with van der Waals surface area (Å²) in [5.74, 6) is 0. The van der Waals surface area contributed by atoms with Crippen molar-refractivity contribution in [3.63, 3.8) is 0 Å². The second kappa shape index (κ2) is 4.85. The maximum absolute atomic E-state index is 11.1. The van der Waals surface area contributed by atoms with Gasteiger partial charge in [0.2, 0.25) is 0 Å². The second-order valence-electron chi connectivity index (χ2n) is 5.08. The minimum Gasteiger partial charge on any atom is -0.357 e. The summed E-state index contributed by atoms with van der Waals surface area (Å²) in [6, 6.07) is 14.2. The van der Waals surface area contributed by atoms with Crippen molar-refractivity contribution in [2.75, 3.05) is 0 Å². The summed E-state index contributed by atoms with van der Waals surface area (Å²) in [4.78, 5) is 19.6. The van der Waals surface area contributed by atoms with Gasteiger partial charge >= 0.3 is 0 Å². The van der Waals surface area contributed by atoms with Gasteiger partial charge in [-0.2, -0.15) is 0 Å². The standard InChI is InChI=1S/C16H11N3O3/c20-19(21)14-8-4-1-5-10(14)15-16(22-15)13-9-17-11-6-2-3-7-12(11)18-13/h1-9,15-16H/t15-,16-/m0/s1. The highest BCUT2D eigenvalue weighted by atomic mass is 16.6. The molecule has 6 heteroatoms. The van der Waals surface area contributed by atoms with E-state index < -0.39 is 0 Å². The topological polar surface area (TPSA) is 81.5 Å². The van der Waals surface area contributed by atoms with Crippen molar-refractivity contribution in [3.8, 4) is 0 Å². The Morgan fingerprint density at radius 2 is 1.73 bits per heavy atom. The van der Waals surface area contributed by atoms with Crippen molar-refractivity contribution in [1.82, 2.24) is 9.97 Å². The third kappa shape index (κ3) is 2.10. The third-order valence-electron chi connectivity index (χ3n) is 3.69. The van der Waals surface area contributed by atoms with Crippen molar-refractivity contribution in [2.45, 2.75) is 12.2 Å². The molecule has 1 aliphatic heterocycles. The van der Waals surface area contributed by atoms with Gasteiger partial charge in [0, 0.05) is 6.07 Å². The van der Waals surface area contributed by atoms with Gasteiger partial charge in [-0.25, -0.2) is 4.98 Å². The van der Waals surface area contributed by atoms with E-state index in [1.54, 1.807) is 24.4 Å². The first-order valence-electron chi connectivity index (χ1n) is 6.84. The number of hydrogen-bond acceptors (Lipinski definition) is 5. The molecule has 0 radical (unpaired) electrons. The van der Waals surface area contributed by atoms with Crippen LogP contribution in [0.15, 0.2) is 54.7 Å². The van der Waals surface area contributed by atoms with Crippen molar-refractivity contribution < 1.29 is 9.66 Å². The van der Waals surface area contributed by atoms with E-state index in [0.29, 0.717) is 11.3 Å². The molecule has 0 amide bonds. The number of hydrogen-bond donors (Lipinski definition) is 0. The van der Waals surface area contributed by atoms with Crippen LogP contribution >= 0.6 is 0 Å². The van der Waals surface area contributed by atoms with Gasteiger partial charge in [-0.3, -0.25) is 15.1 Å². The zero-order chi connectivity index (χ0) is 15.1. The van der Waals surface area contributed by atoms with Crippen molar-refractivity contribution >= 4 is 16.7 Å². The molecule has 2 atom stereocenters. The Labute approximate surface area is 125 Å². The van der Waals surface area contributed by atoms with E-state index in [0.717, 1.165) is 11.0 Å². The van der Waals surface area contributed by atoms with E-state index in [-0.39, 0.29) is 22.8 Å². The van der Waals surface area contributed by atoms with Crippen LogP contribution < -0.4 is 0 Å². The molecule has 3 aromatic rings. The van der Waals surface area contributed by atoms with E-state index >= 15 is 0 Å². The van der Waals surface area contributed by atoms with Gasteiger partial charge in [0.15, 0.2) is 0 Å². The van der Waals surface area contributed by atoms with E-state index in [9.17, 15) is 10.1 Å². The van der Waals surface area contributed by atoms with Gasteiger partial charge in [0.1, 0.15) is 12.2 Å². The fourth-order valence-corrected chi connectivity index (χ4v) is 2.58. The number of para-hydroxylation sites is 3. The number of fused-ring (bicyclic) bond motifs is 1. The van der Waals surface area contributed by atoms with E-state index in [2.05, 4.69) is 9.97 Å². The largest absolute Gasteiger partial charge is 0.357 e. The fourth-order valence-electron chi connectivity index (χ4n) is 2.58. The van der Waals surface area contributed by atoms with Crippen LogP contribution in [0, 0.1) is 10.1 Å². The van der Waals surface area contributed by atoms with Gasteiger partial charge in [-0.05, 0) is 18.2 Å². The fraction of sp³-hybridized carbons (Fsp3) is 0.125. The predicted molar refractivity (Wildman–Crippen MR) is 79.2 cm³/mol. The molecule has 2 heterocycles. The highest BCUT2D eigenvalue weighted by molar-refractivity contribution is 5.73. The van der Waals surface area contributed by atoms with Gasteiger partial charge < -0.3 is 4.74 Å². The molecule has 22 heavy (non-hydrogen) atoms. The minimum absolute atomic E-state index is 0.0729. The average Bonchev–Trinajstić information content (AvgIpc) is 3.35. The zero-order valence-electron chi connectivity index (χ0n) is 11.4. The van der Waals surface area contributed by atoms with Gasteiger partial charge in [-0.15, -0.1) is 0 Å². The maximum Gasteiger partial charge on any atom is 0.275 e. The summed E-state index contributed by atoms with van der Waals surface area (Å²) in [5, 5.41) is 11.1. The van der Waals surface area contributed by atoms with E-state index in [1.165, 1.54) is 6.07 Å². The first-order chi connectivity index (χ1) is 10.7. The molecule has 6 nitrogen and oxygen atoms in total. The maximum atomic E-state index is 11.1. The molecule has 1 fully saturated rings. The van der Waals surface area contributed by atoms with Gasteiger partial charge in [-0.1, -0.05) is 24.3 Å². The number of nitro benzene ring substituents is 1. The molecule has 0 aliphatic carbocycles. The first-order valence-corrected chi connectivity index (χ1v) is 6.84. The average molecular weight is 293 g/mol. The number of ether oxygens (including phenoxy) is 1. The number of epoxide rings is 1. The summed E-state index contributed by atoms with van der Waals surface area (Å²) in [5.41, 5.74) is 2.95. The Kier molecular flexibility index (Phi) is 2.83. The highest BCUT2D eigenvalue weighted by Gasteiger charge is 2.46. The number of rotatable bonds is 3. The van der Waals surface area contributed by atoms with Crippen LogP contribution in [-0.2, 0) is 4.74 Å². The molecule has 0 unspecified atom stereocenters. The van der Waals surface area contributed by atoms with Crippen LogP contribution in [0.3, 0.4) is 0 Å². The number of nitro groups is 1. The van der Waals surface area contributed by atoms with Crippen molar-refractivity contribution in [3.05, 3.63) is 76.1 Å². The van der Waals surface area contributed by atoms with Crippen molar-refractivity contribution in [2.24, 2.45) is 0 Å². The predicted octanol–water partition coefficient (Wildman–Crippen LogP) is 3.35. The Morgan fingerprint density at radius 3 is 2.55 bits per heavy atom. The lowest BCUT2D eigenvalue weighted by Crippen LogP contribution is -1.96. The molecule has 2 aromatic carbocycles. The van der Waals surface area contributed by atoms with Gasteiger partial charge in [0.05, 0.1) is 33.4 Å². The van der Waals surface area contributed by atoms with Gasteiger partial charge in [0.25, 0.3) is 5.69 Å². The molecule has 1 aliphatic rings. The SMILES string of the molecule is O=[N+]([O-])c1ccccc1[C@@H]1O[C@H]1c1cnc2ccccc2n1. The Morgan fingerprint density at radius 1 is 1.00 bits per heavy atom. The monoisotopic (exact) mass is 293 g/mol.